The third-order valence-electron chi connectivity index (χ3n) is 1.59. The first-order valence-corrected chi connectivity index (χ1v) is 3.21. The van der Waals surface area contributed by atoms with E-state index in [1.54, 1.807) is 0 Å². The van der Waals surface area contributed by atoms with Gasteiger partial charge in [0.15, 0.2) is 11.6 Å². The van der Waals surface area contributed by atoms with Crippen LogP contribution in [0.2, 0.25) is 0 Å². The largest absolute Gasteiger partial charge is 0.392 e. The first-order chi connectivity index (χ1) is 5.15. The number of hydrogen-bond donors (Lipinski definition) is 1. The molecule has 0 atom stereocenters. The fourth-order valence-corrected chi connectivity index (χ4v) is 1.06. The molecule has 1 aliphatic rings. The van der Waals surface area contributed by atoms with Crippen LogP contribution in [0.5, 0.6) is 0 Å². The van der Waals surface area contributed by atoms with Crippen molar-refractivity contribution in [1.82, 2.24) is 0 Å². The number of nitroso groups, excluding NO2 is 1. The van der Waals surface area contributed by atoms with Gasteiger partial charge in [0.05, 0.1) is 6.10 Å². The van der Waals surface area contributed by atoms with E-state index in [1.807, 2.05) is 0 Å². The van der Waals surface area contributed by atoms with Gasteiger partial charge in [-0.1, -0.05) is 5.18 Å². The molecule has 0 saturated heterocycles. The van der Waals surface area contributed by atoms with Crippen LogP contribution >= 0.6 is 0 Å². The fourth-order valence-electron chi connectivity index (χ4n) is 1.06. The molecule has 1 N–H and O–H groups in total. The van der Waals surface area contributed by atoms with Gasteiger partial charge in [0, 0.05) is 12.8 Å². The molecule has 0 radical (unpaired) electrons. The summed E-state index contributed by atoms with van der Waals surface area (Å²) in [5.74, 6) is -1.16. The summed E-state index contributed by atoms with van der Waals surface area (Å²) in [6.45, 7) is 0. The predicted octanol–water partition coefficient (Wildman–Crippen LogP) is -0.586. The van der Waals surface area contributed by atoms with Crippen molar-refractivity contribution in [3.8, 4) is 0 Å². The van der Waals surface area contributed by atoms with Crippen molar-refractivity contribution in [3.05, 3.63) is 4.91 Å². The number of Topliss-reactive ketones (excluding diaryl/α,β-unsaturated/α-hetero) is 2. The van der Waals surface area contributed by atoms with Crippen molar-refractivity contribution in [2.45, 2.75) is 25.0 Å². The predicted molar refractivity (Wildman–Crippen MR) is 34.8 cm³/mol. The highest BCUT2D eigenvalue weighted by molar-refractivity contribution is 6.08. The molecule has 5 nitrogen and oxygen atoms in total. The molecule has 0 aromatic rings. The Kier molecular flexibility index (Phi) is 2.09. The maximum Gasteiger partial charge on any atom is 0.208 e. The van der Waals surface area contributed by atoms with Crippen LogP contribution in [0.25, 0.3) is 0 Å². The Hall–Kier alpha value is -1.10. The van der Waals surface area contributed by atoms with Crippen LogP contribution < -0.4 is 0 Å². The number of ketones is 2. The normalized spacial score (nSPS) is 32.1. The van der Waals surface area contributed by atoms with Crippen LogP contribution in [0, 0.1) is 4.91 Å². The van der Waals surface area contributed by atoms with Gasteiger partial charge in [0.25, 0.3) is 0 Å². The highest BCUT2D eigenvalue weighted by Crippen LogP contribution is 2.14. The quantitative estimate of drug-likeness (QED) is 0.407. The van der Waals surface area contributed by atoms with Gasteiger partial charge in [-0.05, 0) is 0 Å². The number of carbonyl (C=O) groups is 2. The number of nitrogens with zero attached hydrogens (tertiary/aromatic N) is 1. The zero-order chi connectivity index (χ0) is 8.43. The Morgan fingerprint density at radius 2 is 1.73 bits per heavy atom. The number of carbonyl (C=O) groups excluding carboxylic acids is 2. The molecular formula is C6H7NO4. The van der Waals surface area contributed by atoms with E-state index < -0.39 is 23.7 Å². The average molecular weight is 157 g/mol. The lowest BCUT2D eigenvalue weighted by molar-refractivity contribution is -0.135. The van der Waals surface area contributed by atoms with Crippen molar-refractivity contribution in [2.75, 3.05) is 0 Å². The minimum atomic E-state index is -1.36. The van der Waals surface area contributed by atoms with Crippen LogP contribution in [0.1, 0.15) is 12.8 Å². The molecule has 1 fully saturated rings. The lowest BCUT2D eigenvalue weighted by atomic mass is 9.91. The van der Waals surface area contributed by atoms with Gasteiger partial charge < -0.3 is 5.11 Å². The Morgan fingerprint density at radius 3 is 2.09 bits per heavy atom. The van der Waals surface area contributed by atoms with Gasteiger partial charge in [-0.15, -0.1) is 4.91 Å². The number of hydrogen-bond acceptors (Lipinski definition) is 5. The second-order valence-corrected chi connectivity index (χ2v) is 2.50. The molecular weight excluding hydrogens is 150 g/mol. The summed E-state index contributed by atoms with van der Waals surface area (Å²) in [6.07, 6.45) is -1.20. The molecule has 11 heavy (non-hydrogen) atoms. The third-order valence-corrected chi connectivity index (χ3v) is 1.59. The summed E-state index contributed by atoms with van der Waals surface area (Å²) < 4.78 is 0. The summed E-state index contributed by atoms with van der Waals surface area (Å²) in [4.78, 5) is 31.5. The molecule has 0 spiro atoms. The van der Waals surface area contributed by atoms with Gasteiger partial charge in [-0.3, -0.25) is 9.59 Å². The number of rotatable bonds is 1. The molecule has 1 saturated carbocycles. The van der Waals surface area contributed by atoms with Crippen molar-refractivity contribution in [3.63, 3.8) is 0 Å². The summed E-state index contributed by atoms with van der Waals surface area (Å²) >= 11 is 0. The molecule has 5 heteroatoms. The van der Waals surface area contributed by atoms with E-state index in [2.05, 4.69) is 5.18 Å². The minimum Gasteiger partial charge on any atom is -0.392 e. The molecule has 0 heterocycles. The molecule has 60 valence electrons. The van der Waals surface area contributed by atoms with Crippen molar-refractivity contribution >= 4 is 11.6 Å². The first kappa shape index (κ1) is 8.00. The van der Waals surface area contributed by atoms with Crippen LogP contribution in [0.3, 0.4) is 0 Å². The van der Waals surface area contributed by atoms with Crippen LogP contribution in [0.4, 0.5) is 0 Å². The standard InChI is InChI=1S/C6H7NO4/c8-3-1-4(9)6(7-11)5(10)2-3/h3,6,8H,1-2H2. The van der Waals surface area contributed by atoms with E-state index in [0.29, 0.717) is 0 Å². The topological polar surface area (TPSA) is 83.8 Å². The summed E-state index contributed by atoms with van der Waals surface area (Å²) in [7, 11) is 0. The van der Waals surface area contributed by atoms with Crippen LogP contribution in [-0.2, 0) is 9.59 Å². The van der Waals surface area contributed by atoms with E-state index in [-0.39, 0.29) is 12.8 Å². The zero-order valence-corrected chi connectivity index (χ0v) is 5.69. The number of aliphatic hydroxyl groups is 1. The highest BCUT2D eigenvalue weighted by atomic mass is 16.3. The first-order valence-electron chi connectivity index (χ1n) is 3.21. The summed E-state index contributed by atoms with van der Waals surface area (Å²) in [5.41, 5.74) is 0. The molecule has 1 rings (SSSR count). The average Bonchev–Trinajstić information content (AvgIpc) is 1.85. The lowest BCUT2D eigenvalue weighted by Crippen LogP contribution is -2.38. The van der Waals surface area contributed by atoms with Gasteiger partial charge in [-0.2, -0.15) is 0 Å². The highest BCUT2D eigenvalue weighted by Gasteiger charge is 2.35. The van der Waals surface area contributed by atoms with Crippen LogP contribution in [0.15, 0.2) is 5.18 Å². The van der Waals surface area contributed by atoms with E-state index in [1.165, 1.54) is 0 Å². The second-order valence-electron chi connectivity index (χ2n) is 2.50. The smallest absolute Gasteiger partial charge is 0.208 e. The maximum absolute atomic E-state index is 10.8. The zero-order valence-electron chi connectivity index (χ0n) is 5.69. The van der Waals surface area contributed by atoms with Gasteiger partial charge in [-0.25, -0.2) is 0 Å². The van der Waals surface area contributed by atoms with Crippen molar-refractivity contribution in [2.24, 2.45) is 5.18 Å². The Bertz CT molecular complexity index is 195. The van der Waals surface area contributed by atoms with Crippen LogP contribution in [-0.4, -0.2) is 28.8 Å². The van der Waals surface area contributed by atoms with Crippen molar-refractivity contribution in [1.29, 1.82) is 0 Å². The van der Waals surface area contributed by atoms with E-state index in [0.717, 1.165) is 0 Å². The van der Waals surface area contributed by atoms with E-state index >= 15 is 0 Å². The van der Waals surface area contributed by atoms with Gasteiger partial charge in [0.1, 0.15) is 0 Å². The summed E-state index contributed by atoms with van der Waals surface area (Å²) in [6, 6.07) is -1.36. The van der Waals surface area contributed by atoms with Gasteiger partial charge >= 0.3 is 0 Å². The Morgan fingerprint density at radius 1 is 1.27 bits per heavy atom. The SMILES string of the molecule is O=NC1C(=O)CC(O)CC1=O. The monoisotopic (exact) mass is 157 g/mol. The van der Waals surface area contributed by atoms with Gasteiger partial charge in [0.2, 0.25) is 6.04 Å². The molecule has 0 amide bonds. The third kappa shape index (κ3) is 1.48. The Balaban J connectivity index is 2.74. The summed E-state index contributed by atoms with van der Waals surface area (Å²) in [5, 5.41) is 11.3. The maximum atomic E-state index is 10.8. The minimum absolute atomic E-state index is 0.137. The second kappa shape index (κ2) is 2.87. The molecule has 0 aromatic carbocycles. The molecule has 0 unspecified atom stereocenters. The van der Waals surface area contributed by atoms with Crippen molar-refractivity contribution < 1.29 is 14.7 Å². The van der Waals surface area contributed by atoms with E-state index in [9.17, 15) is 14.5 Å². The Labute approximate surface area is 62.4 Å². The molecule has 0 bridgehead atoms. The molecule has 0 aromatic heterocycles. The fraction of sp³-hybridized carbons (Fsp3) is 0.667. The van der Waals surface area contributed by atoms with E-state index in [4.69, 9.17) is 5.11 Å². The molecule has 1 aliphatic carbocycles. The lowest BCUT2D eigenvalue weighted by Gasteiger charge is -2.17. The molecule has 0 aliphatic heterocycles. The number of aliphatic hydroxyl groups excluding tert-OH is 1.